The first-order valence-corrected chi connectivity index (χ1v) is 18.2. The number of rotatable bonds is 13. The number of hydrogen-bond acceptors (Lipinski definition) is 10. The second kappa shape index (κ2) is 16.0. The van der Waals surface area contributed by atoms with Crippen LogP contribution in [0.2, 0.25) is 0 Å². The molecule has 2 atom stereocenters. The average Bonchev–Trinajstić information content (AvgIpc) is 3.76. The molecular weight excluding hydrogens is 688 g/mol. The molecule has 0 N–H and O–H groups in total. The number of ether oxygens (including phenoxy) is 5. The normalized spacial score (nSPS) is 19.9. The van der Waals surface area contributed by atoms with Gasteiger partial charge in [-0.3, -0.25) is 19.6 Å². The lowest BCUT2D eigenvalue weighted by Gasteiger charge is -2.20. The third-order valence-electron chi connectivity index (χ3n) is 10.2. The maximum absolute atomic E-state index is 13.6. The number of aldehydes is 1. The summed E-state index contributed by atoms with van der Waals surface area (Å²) in [6, 6.07) is 12.4. The van der Waals surface area contributed by atoms with Gasteiger partial charge < -0.3 is 38.3 Å². The number of carbonyl (C=O) groups excluding carboxylic acids is 3. The molecule has 4 heterocycles. The number of carbonyl (C=O) groups is 3. The molecule has 0 bridgehead atoms. The number of methoxy groups -OCH3 is 2. The fourth-order valence-electron chi connectivity index (χ4n) is 7.19. The van der Waals surface area contributed by atoms with E-state index < -0.39 is 0 Å². The second-order valence-electron chi connectivity index (χ2n) is 13.6. The topological polar surface area (TPSA) is 129 Å². The van der Waals surface area contributed by atoms with Crippen LogP contribution >= 0.6 is 0 Å². The zero-order valence-electron chi connectivity index (χ0n) is 31.0. The van der Waals surface area contributed by atoms with Crippen LogP contribution < -0.4 is 23.7 Å². The summed E-state index contributed by atoms with van der Waals surface area (Å²) in [5, 5.41) is 0. The van der Waals surface area contributed by atoms with Crippen molar-refractivity contribution in [3.8, 4) is 28.7 Å². The first-order chi connectivity index (χ1) is 26.3. The molecule has 4 aliphatic rings. The molecule has 12 nitrogen and oxygen atoms in total. The molecule has 2 fully saturated rings. The lowest BCUT2D eigenvalue weighted by atomic mass is 10.1. The van der Waals surface area contributed by atoms with Crippen molar-refractivity contribution in [1.82, 2.24) is 9.80 Å². The molecule has 2 saturated heterocycles. The number of allylic oxidation sites excluding steroid dienone is 2. The molecular formula is C42H44N4O8. The molecule has 0 saturated carbocycles. The van der Waals surface area contributed by atoms with E-state index in [0.29, 0.717) is 83.8 Å². The Morgan fingerprint density at radius 1 is 0.685 bits per heavy atom. The minimum absolute atomic E-state index is 0.0909. The second-order valence-corrected chi connectivity index (χ2v) is 13.6. The van der Waals surface area contributed by atoms with Crippen LogP contribution in [-0.2, 0) is 18.0 Å². The van der Waals surface area contributed by atoms with Gasteiger partial charge in [-0.25, -0.2) is 0 Å². The number of nitrogens with zero attached hydrogens (tertiary/aromatic N) is 4. The maximum atomic E-state index is 13.6. The van der Waals surface area contributed by atoms with E-state index in [2.05, 4.69) is 22.1 Å². The van der Waals surface area contributed by atoms with Crippen LogP contribution in [0.4, 0.5) is 11.4 Å². The summed E-state index contributed by atoms with van der Waals surface area (Å²) < 4.78 is 30.0. The van der Waals surface area contributed by atoms with Crippen molar-refractivity contribution >= 4 is 41.9 Å². The van der Waals surface area contributed by atoms with Gasteiger partial charge in [-0.15, -0.1) is 0 Å². The Morgan fingerprint density at radius 3 is 1.63 bits per heavy atom. The van der Waals surface area contributed by atoms with Crippen molar-refractivity contribution in [2.45, 2.75) is 64.8 Å². The fraction of sp³-hybridized carbons (Fsp3) is 0.357. The molecule has 54 heavy (non-hydrogen) atoms. The first-order valence-electron chi connectivity index (χ1n) is 18.2. The molecule has 7 rings (SSSR count). The van der Waals surface area contributed by atoms with Gasteiger partial charge in [0.2, 0.25) is 0 Å². The van der Waals surface area contributed by atoms with E-state index in [4.69, 9.17) is 23.7 Å². The molecule has 0 radical (unpaired) electrons. The van der Waals surface area contributed by atoms with Gasteiger partial charge in [0.25, 0.3) is 11.8 Å². The van der Waals surface area contributed by atoms with E-state index in [1.54, 1.807) is 38.5 Å². The summed E-state index contributed by atoms with van der Waals surface area (Å²) in [6.07, 6.45) is 11.2. The lowest BCUT2D eigenvalue weighted by Crippen LogP contribution is -2.35. The van der Waals surface area contributed by atoms with Crippen LogP contribution in [0.25, 0.3) is 0 Å². The summed E-state index contributed by atoms with van der Waals surface area (Å²) in [4.78, 5) is 51.1. The quantitative estimate of drug-likeness (QED) is 0.105. The van der Waals surface area contributed by atoms with Crippen LogP contribution in [-0.4, -0.2) is 86.3 Å². The Hall–Kier alpha value is -5.91. The van der Waals surface area contributed by atoms with E-state index in [-0.39, 0.29) is 37.1 Å². The number of hydrogen-bond donors (Lipinski definition) is 0. The number of fused-ring (bicyclic) bond motifs is 4. The van der Waals surface area contributed by atoms with Gasteiger partial charge in [0, 0.05) is 44.1 Å². The van der Waals surface area contributed by atoms with Crippen molar-refractivity contribution in [2.75, 3.05) is 33.9 Å². The minimum atomic E-state index is -0.0916. The van der Waals surface area contributed by atoms with Crippen LogP contribution in [0, 0.1) is 0 Å². The predicted octanol–water partition coefficient (Wildman–Crippen LogP) is 6.97. The van der Waals surface area contributed by atoms with Gasteiger partial charge in [-0.05, 0) is 74.6 Å². The SMILES string of the molecule is C/C=C1\C[C@H]2C=Nc3cc(OCc4cc(COc5cc6c(cc5OC)C(=O)N5C/C(=C/C)C[C@H]5C=N6)cc(OCCCC=O)c4)c(OC)cc3C(=O)N2C1. The monoisotopic (exact) mass is 732 g/mol. The fourth-order valence-corrected chi connectivity index (χ4v) is 7.19. The summed E-state index contributed by atoms with van der Waals surface area (Å²) in [6.45, 7) is 5.80. The molecule has 0 aromatic heterocycles. The van der Waals surface area contributed by atoms with Crippen molar-refractivity contribution < 1.29 is 38.1 Å². The highest BCUT2D eigenvalue weighted by atomic mass is 16.5. The summed E-state index contributed by atoms with van der Waals surface area (Å²) in [5.74, 6) is 2.14. The van der Waals surface area contributed by atoms with Gasteiger partial charge in [0.05, 0.1) is 55.4 Å². The van der Waals surface area contributed by atoms with Gasteiger partial charge in [0.15, 0.2) is 23.0 Å². The lowest BCUT2D eigenvalue weighted by molar-refractivity contribution is -0.108. The number of benzene rings is 3. The van der Waals surface area contributed by atoms with Crippen molar-refractivity contribution in [3.63, 3.8) is 0 Å². The van der Waals surface area contributed by atoms with Gasteiger partial charge in [-0.2, -0.15) is 0 Å². The van der Waals surface area contributed by atoms with E-state index in [1.807, 2.05) is 54.3 Å². The largest absolute Gasteiger partial charge is 0.494 e. The molecule has 0 aliphatic carbocycles. The molecule has 0 unspecified atom stereocenters. The Labute approximate surface area is 314 Å². The van der Waals surface area contributed by atoms with Crippen molar-refractivity contribution in [1.29, 1.82) is 0 Å². The van der Waals surface area contributed by atoms with E-state index >= 15 is 0 Å². The highest BCUT2D eigenvalue weighted by Gasteiger charge is 2.36. The van der Waals surface area contributed by atoms with Crippen LogP contribution in [0.5, 0.6) is 28.7 Å². The third kappa shape index (κ3) is 7.46. The Morgan fingerprint density at radius 2 is 1.19 bits per heavy atom. The van der Waals surface area contributed by atoms with Crippen molar-refractivity contribution in [2.24, 2.45) is 9.98 Å². The molecule has 0 spiro atoms. The number of amides is 2. The molecule has 2 amide bonds. The third-order valence-corrected chi connectivity index (χ3v) is 10.2. The Balaban J connectivity index is 1.11. The molecule has 12 heteroatoms. The highest BCUT2D eigenvalue weighted by molar-refractivity contribution is 6.04. The standard InChI is InChI=1S/C42H44N4O8/c1-5-26-12-30-20-43-35-18-39(37(50-3)16-33(35)41(48)45(30)22-26)53-24-28-11-29(15-32(14-28)52-10-8-7-9-47)25-54-40-19-36-34(17-38(40)51-4)42(49)46-23-27(6-2)13-31(46)21-44-36/h5-6,9,11,14-21,30-31H,7-8,10,12-13,22-25H2,1-4H3/b26-5+,27-6+/t30-,31-/m0/s1. The number of unbranched alkanes of at least 4 members (excludes halogenated alkanes) is 1. The zero-order chi connectivity index (χ0) is 37.8. The van der Waals surface area contributed by atoms with Gasteiger partial charge in [-0.1, -0.05) is 23.3 Å². The van der Waals surface area contributed by atoms with Gasteiger partial charge >= 0.3 is 0 Å². The maximum Gasteiger partial charge on any atom is 0.257 e. The van der Waals surface area contributed by atoms with E-state index in [1.165, 1.54) is 11.1 Å². The Bertz CT molecular complexity index is 1950. The van der Waals surface area contributed by atoms with Crippen LogP contribution in [0.1, 0.15) is 71.4 Å². The average molecular weight is 733 g/mol. The summed E-state index contributed by atoms with van der Waals surface area (Å²) >= 11 is 0. The van der Waals surface area contributed by atoms with E-state index in [9.17, 15) is 14.4 Å². The smallest absolute Gasteiger partial charge is 0.257 e. The minimum Gasteiger partial charge on any atom is -0.494 e. The molecule has 3 aromatic carbocycles. The number of aliphatic imine (C=N–C) groups is 2. The molecule has 4 aliphatic heterocycles. The predicted molar refractivity (Wildman–Crippen MR) is 205 cm³/mol. The first kappa shape index (κ1) is 36.4. The zero-order valence-corrected chi connectivity index (χ0v) is 31.0. The molecule has 280 valence electrons. The Kier molecular flexibility index (Phi) is 10.8. The van der Waals surface area contributed by atoms with E-state index in [0.717, 1.165) is 30.3 Å². The van der Waals surface area contributed by atoms with Crippen molar-refractivity contribution in [3.05, 3.63) is 88.0 Å². The van der Waals surface area contributed by atoms with Gasteiger partial charge in [0.1, 0.15) is 25.2 Å². The highest BCUT2D eigenvalue weighted by Crippen LogP contribution is 2.41. The summed E-state index contributed by atoms with van der Waals surface area (Å²) in [7, 11) is 3.08. The summed E-state index contributed by atoms with van der Waals surface area (Å²) in [5.41, 5.74) is 5.99. The van der Waals surface area contributed by atoms with Crippen LogP contribution in [0.15, 0.2) is 75.7 Å². The van der Waals surface area contributed by atoms with Crippen LogP contribution in [0.3, 0.4) is 0 Å². The molecule has 3 aromatic rings.